The standard InChI is InChI=1S/C17H25N3O2S.C2HF3O2/c1-19(11-14-18-6-9-23-14)13-10-17(13)4-7-20(8-5-17)15(16(21)22)12-2-3-12;3-2(4,5)1(6)7/h6,9,12-13,15H,2-5,7-8,10-11H2,1H3,(H,21,22);(H,6,7). The number of carbonyl (C=O) groups is 2. The number of thiazole rings is 1. The molecule has 1 aromatic heterocycles. The Morgan fingerprint density at radius 3 is 2.37 bits per heavy atom. The summed E-state index contributed by atoms with van der Waals surface area (Å²) in [6, 6.07) is 0.426. The van der Waals surface area contributed by atoms with Gasteiger partial charge in [0.05, 0.1) is 6.54 Å². The number of carboxylic acids is 2. The monoisotopic (exact) mass is 449 g/mol. The molecule has 1 aliphatic heterocycles. The lowest BCUT2D eigenvalue weighted by Gasteiger charge is -2.37. The summed E-state index contributed by atoms with van der Waals surface area (Å²) < 4.78 is 31.7. The van der Waals surface area contributed by atoms with Gasteiger partial charge in [-0.1, -0.05) is 0 Å². The molecule has 2 unspecified atom stereocenters. The van der Waals surface area contributed by atoms with Gasteiger partial charge < -0.3 is 10.2 Å². The van der Waals surface area contributed by atoms with Crippen LogP contribution in [0.2, 0.25) is 0 Å². The van der Waals surface area contributed by atoms with Gasteiger partial charge in [-0.25, -0.2) is 9.78 Å². The quantitative estimate of drug-likeness (QED) is 0.690. The smallest absolute Gasteiger partial charge is 0.480 e. The van der Waals surface area contributed by atoms with Crippen LogP contribution in [0.5, 0.6) is 0 Å². The van der Waals surface area contributed by atoms with E-state index >= 15 is 0 Å². The zero-order valence-electron chi connectivity index (χ0n) is 16.6. The number of nitrogens with zero attached hydrogens (tertiary/aromatic N) is 3. The number of piperidine rings is 1. The van der Waals surface area contributed by atoms with Crippen molar-refractivity contribution in [1.82, 2.24) is 14.8 Å². The zero-order valence-corrected chi connectivity index (χ0v) is 17.5. The van der Waals surface area contributed by atoms with Crippen molar-refractivity contribution in [2.75, 3.05) is 20.1 Å². The van der Waals surface area contributed by atoms with Crippen LogP contribution in [-0.4, -0.2) is 75.3 Å². The lowest BCUT2D eigenvalue weighted by atomic mass is 9.91. The van der Waals surface area contributed by atoms with Crippen LogP contribution >= 0.6 is 11.3 Å². The summed E-state index contributed by atoms with van der Waals surface area (Å²) in [5.41, 5.74) is 0.440. The number of likely N-dealkylation sites (tertiary alicyclic amines) is 1. The average Bonchev–Trinajstić information content (AvgIpc) is 3.55. The third kappa shape index (κ3) is 5.50. The molecule has 1 aromatic rings. The molecule has 1 spiro atoms. The third-order valence-electron chi connectivity index (χ3n) is 6.30. The van der Waals surface area contributed by atoms with Gasteiger partial charge in [0.25, 0.3) is 0 Å². The molecule has 7 nitrogen and oxygen atoms in total. The summed E-state index contributed by atoms with van der Waals surface area (Å²) in [5, 5.41) is 19.9. The van der Waals surface area contributed by atoms with Crippen LogP contribution in [0.15, 0.2) is 11.6 Å². The first-order valence-corrected chi connectivity index (χ1v) is 10.8. The zero-order chi connectivity index (χ0) is 22.1. The van der Waals surface area contributed by atoms with E-state index in [0.29, 0.717) is 17.4 Å². The molecule has 0 radical (unpaired) electrons. The molecule has 0 bridgehead atoms. The maximum atomic E-state index is 11.6. The Hall–Kier alpha value is -1.72. The van der Waals surface area contributed by atoms with E-state index in [1.165, 1.54) is 11.4 Å². The molecule has 2 N–H and O–H groups in total. The Morgan fingerprint density at radius 1 is 1.33 bits per heavy atom. The van der Waals surface area contributed by atoms with Crippen LogP contribution in [0.25, 0.3) is 0 Å². The molecule has 2 atom stereocenters. The second-order valence-electron chi connectivity index (χ2n) is 8.38. The summed E-state index contributed by atoms with van der Waals surface area (Å²) in [4.78, 5) is 29.5. The van der Waals surface area contributed by atoms with E-state index in [1.807, 2.05) is 11.6 Å². The Labute approximate surface area is 176 Å². The predicted molar refractivity (Wildman–Crippen MR) is 103 cm³/mol. The number of alkyl halides is 3. The highest BCUT2D eigenvalue weighted by Crippen LogP contribution is 2.57. The topological polar surface area (TPSA) is 94.0 Å². The fourth-order valence-electron chi connectivity index (χ4n) is 4.46. The van der Waals surface area contributed by atoms with Gasteiger partial charge >= 0.3 is 18.1 Å². The van der Waals surface area contributed by atoms with Crippen LogP contribution in [-0.2, 0) is 16.1 Å². The van der Waals surface area contributed by atoms with Crippen LogP contribution in [0.4, 0.5) is 13.2 Å². The summed E-state index contributed by atoms with van der Waals surface area (Å²) in [7, 11) is 2.21. The fraction of sp³-hybridized carbons (Fsp3) is 0.737. The lowest BCUT2D eigenvalue weighted by Crippen LogP contribution is -2.48. The Kier molecular flexibility index (Phi) is 6.73. The van der Waals surface area contributed by atoms with Crippen molar-refractivity contribution in [2.24, 2.45) is 11.3 Å². The highest BCUT2D eigenvalue weighted by Gasteiger charge is 2.57. The Bertz CT molecular complexity index is 747. The molecule has 2 saturated carbocycles. The molecule has 0 amide bonds. The van der Waals surface area contributed by atoms with Gasteiger partial charge in [0, 0.05) is 17.6 Å². The van der Waals surface area contributed by atoms with Gasteiger partial charge in [-0.15, -0.1) is 11.3 Å². The Balaban J connectivity index is 0.000000318. The van der Waals surface area contributed by atoms with Crippen molar-refractivity contribution in [3.05, 3.63) is 16.6 Å². The predicted octanol–water partition coefficient (Wildman–Crippen LogP) is 2.93. The summed E-state index contributed by atoms with van der Waals surface area (Å²) in [5.74, 6) is -2.96. The molecule has 1 saturated heterocycles. The fourth-order valence-corrected chi connectivity index (χ4v) is 5.14. The van der Waals surface area contributed by atoms with Gasteiger partial charge in [-0.2, -0.15) is 13.2 Å². The van der Waals surface area contributed by atoms with Crippen LogP contribution < -0.4 is 0 Å². The van der Waals surface area contributed by atoms with Crippen molar-refractivity contribution < 1.29 is 33.0 Å². The normalized spacial score (nSPS) is 24.2. The maximum Gasteiger partial charge on any atom is 0.490 e. The number of carboxylic acid groups (broad SMARTS) is 2. The number of halogens is 3. The minimum Gasteiger partial charge on any atom is -0.480 e. The minimum atomic E-state index is -5.08. The molecule has 168 valence electrons. The molecule has 4 rings (SSSR count). The SMILES string of the molecule is CN(Cc1nccs1)C1CC12CCN(C(C(=O)O)C1CC1)CC2.O=C(O)C(F)(F)F. The van der Waals surface area contributed by atoms with E-state index in [9.17, 15) is 23.1 Å². The van der Waals surface area contributed by atoms with Gasteiger partial charge in [0.2, 0.25) is 0 Å². The Morgan fingerprint density at radius 2 is 1.93 bits per heavy atom. The first-order valence-electron chi connectivity index (χ1n) is 9.89. The first-order chi connectivity index (χ1) is 14.0. The number of rotatable bonds is 6. The number of hydrogen-bond donors (Lipinski definition) is 2. The number of aliphatic carboxylic acids is 2. The second kappa shape index (κ2) is 8.80. The van der Waals surface area contributed by atoms with Crippen molar-refractivity contribution in [1.29, 1.82) is 0 Å². The molecule has 30 heavy (non-hydrogen) atoms. The van der Waals surface area contributed by atoms with Gasteiger partial charge in [-0.3, -0.25) is 14.6 Å². The first kappa shape index (κ1) is 23.0. The second-order valence-corrected chi connectivity index (χ2v) is 9.36. The molecule has 3 fully saturated rings. The van der Waals surface area contributed by atoms with E-state index in [0.717, 1.165) is 45.3 Å². The molecular formula is C19H26F3N3O4S. The van der Waals surface area contributed by atoms with E-state index in [2.05, 4.69) is 21.8 Å². The third-order valence-corrected chi connectivity index (χ3v) is 7.06. The highest BCUT2D eigenvalue weighted by molar-refractivity contribution is 7.09. The molecular weight excluding hydrogens is 423 g/mol. The van der Waals surface area contributed by atoms with E-state index in [1.54, 1.807) is 11.3 Å². The lowest BCUT2D eigenvalue weighted by molar-refractivity contribution is -0.192. The minimum absolute atomic E-state index is 0.224. The van der Waals surface area contributed by atoms with E-state index < -0.39 is 18.1 Å². The average molecular weight is 449 g/mol. The molecule has 11 heteroatoms. The van der Waals surface area contributed by atoms with Crippen LogP contribution in [0.3, 0.4) is 0 Å². The van der Waals surface area contributed by atoms with Gasteiger partial charge in [0.1, 0.15) is 11.0 Å². The van der Waals surface area contributed by atoms with E-state index in [-0.39, 0.29) is 6.04 Å². The highest BCUT2D eigenvalue weighted by atomic mass is 32.1. The van der Waals surface area contributed by atoms with Crippen molar-refractivity contribution in [3.63, 3.8) is 0 Å². The summed E-state index contributed by atoms with van der Waals surface area (Å²) >= 11 is 1.72. The molecule has 2 aliphatic carbocycles. The van der Waals surface area contributed by atoms with Crippen LogP contribution in [0.1, 0.15) is 37.1 Å². The largest absolute Gasteiger partial charge is 0.490 e. The molecule has 0 aromatic carbocycles. The number of aromatic nitrogens is 1. The van der Waals surface area contributed by atoms with Crippen molar-refractivity contribution >= 4 is 23.3 Å². The number of hydrogen-bond acceptors (Lipinski definition) is 6. The summed E-state index contributed by atoms with van der Waals surface area (Å²) in [6.45, 7) is 2.84. The van der Waals surface area contributed by atoms with Gasteiger partial charge in [-0.05, 0) is 63.6 Å². The molecule has 3 aliphatic rings. The maximum absolute atomic E-state index is 11.6. The van der Waals surface area contributed by atoms with Gasteiger partial charge in [0.15, 0.2) is 0 Å². The molecule has 2 heterocycles. The van der Waals surface area contributed by atoms with Crippen molar-refractivity contribution in [3.8, 4) is 0 Å². The van der Waals surface area contributed by atoms with E-state index in [4.69, 9.17) is 9.90 Å². The van der Waals surface area contributed by atoms with Crippen molar-refractivity contribution in [2.45, 2.75) is 56.9 Å². The van der Waals surface area contributed by atoms with Crippen LogP contribution in [0, 0.1) is 11.3 Å². The summed E-state index contributed by atoms with van der Waals surface area (Å²) in [6.07, 6.45) is 2.55.